The fourth-order valence-electron chi connectivity index (χ4n) is 3.13. The van der Waals surface area contributed by atoms with E-state index in [2.05, 4.69) is 18.7 Å². The molecule has 0 bridgehead atoms. The lowest BCUT2D eigenvalue weighted by atomic mass is 9.93. The molecule has 2 aromatic carbocycles. The van der Waals surface area contributed by atoms with Crippen LogP contribution in [0.3, 0.4) is 0 Å². The second kappa shape index (κ2) is 8.84. The smallest absolute Gasteiger partial charge is 0.187 e. The van der Waals surface area contributed by atoms with Crippen molar-refractivity contribution in [3.63, 3.8) is 0 Å². The highest BCUT2D eigenvalue weighted by Crippen LogP contribution is 2.27. The molecule has 0 aliphatic carbocycles. The molecule has 146 valence electrons. The summed E-state index contributed by atoms with van der Waals surface area (Å²) in [5.74, 6) is 0.0552. The van der Waals surface area contributed by atoms with E-state index in [4.69, 9.17) is 34.8 Å². The zero-order valence-electron chi connectivity index (χ0n) is 16.1. The summed E-state index contributed by atoms with van der Waals surface area (Å²) < 4.78 is 0. The Morgan fingerprint density at radius 1 is 0.857 bits per heavy atom. The molecule has 0 N–H and O–H groups in total. The molecule has 5 heteroatoms. The molecule has 1 aliphatic heterocycles. The van der Waals surface area contributed by atoms with Crippen LogP contribution in [0.15, 0.2) is 47.5 Å². The van der Waals surface area contributed by atoms with Gasteiger partial charge in [-0.05, 0) is 67.8 Å². The van der Waals surface area contributed by atoms with Gasteiger partial charge < -0.3 is 0 Å². The van der Waals surface area contributed by atoms with Gasteiger partial charge in [-0.2, -0.15) is 0 Å². The summed E-state index contributed by atoms with van der Waals surface area (Å²) in [6.07, 6.45) is 3.83. The first-order chi connectivity index (χ1) is 13.2. The molecule has 0 atom stereocenters. The zero-order chi connectivity index (χ0) is 20.4. The molecule has 0 amide bonds. The van der Waals surface area contributed by atoms with Gasteiger partial charge in [-0.15, -0.1) is 0 Å². The fourth-order valence-corrected chi connectivity index (χ4v) is 3.63. The van der Waals surface area contributed by atoms with Crippen LogP contribution in [-0.4, -0.2) is 29.8 Å². The monoisotopic (exact) mass is 433 g/mol. The van der Waals surface area contributed by atoms with Crippen molar-refractivity contribution < 1.29 is 4.79 Å². The lowest BCUT2D eigenvalue weighted by molar-refractivity contribution is -0.113. The molecular weight excluding hydrogens is 413 g/mol. The van der Waals surface area contributed by atoms with Gasteiger partial charge in [-0.25, -0.2) is 0 Å². The Kier molecular flexibility index (Phi) is 6.67. The molecule has 1 heterocycles. The van der Waals surface area contributed by atoms with Gasteiger partial charge >= 0.3 is 0 Å². The first-order valence-corrected chi connectivity index (χ1v) is 10.3. The molecule has 0 unspecified atom stereocenters. The predicted molar refractivity (Wildman–Crippen MR) is 120 cm³/mol. The molecule has 28 heavy (non-hydrogen) atoms. The first-order valence-electron chi connectivity index (χ1n) is 9.15. The highest BCUT2D eigenvalue weighted by molar-refractivity contribution is 6.42. The normalized spacial score (nSPS) is 18.5. The van der Waals surface area contributed by atoms with E-state index in [1.165, 1.54) is 0 Å². The van der Waals surface area contributed by atoms with Gasteiger partial charge in [0, 0.05) is 35.3 Å². The summed E-state index contributed by atoms with van der Waals surface area (Å²) >= 11 is 18.4. The number of halogens is 3. The van der Waals surface area contributed by atoms with Gasteiger partial charge in [0.1, 0.15) is 0 Å². The Hall–Kier alpha value is -1.58. The van der Waals surface area contributed by atoms with Crippen LogP contribution in [0.25, 0.3) is 12.2 Å². The van der Waals surface area contributed by atoms with E-state index < -0.39 is 0 Å². The largest absolute Gasteiger partial charge is 0.292 e. The molecule has 1 saturated heterocycles. The van der Waals surface area contributed by atoms with Crippen LogP contribution >= 0.6 is 34.8 Å². The Morgan fingerprint density at radius 2 is 1.39 bits per heavy atom. The van der Waals surface area contributed by atoms with Crippen molar-refractivity contribution in [2.24, 2.45) is 0 Å². The maximum atomic E-state index is 13.2. The molecule has 3 rings (SSSR count). The van der Waals surface area contributed by atoms with E-state index in [9.17, 15) is 4.79 Å². The van der Waals surface area contributed by atoms with Gasteiger partial charge in [0.2, 0.25) is 0 Å². The molecule has 0 radical (unpaired) electrons. The molecular formula is C23H22Cl3NO. The number of hydrogen-bond donors (Lipinski definition) is 0. The third kappa shape index (κ3) is 4.87. The summed E-state index contributed by atoms with van der Waals surface area (Å²) in [5, 5.41) is 1.68. The number of carbonyl (C=O) groups is 1. The predicted octanol–water partition coefficient (Wildman–Crippen LogP) is 6.72. The number of Topliss-reactive ketones (excluding diaryl/α,β-unsaturated/α-hetero) is 1. The van der Waals surface area contributed by atoms with Crippen LogP contribution in [0, 0.1) is 6.92 Å². The second-order valence-electron chi connectivity index (χ2n) is 7.35. The first kappa shape index (κ1) is 21.1. The number of piperidine rings is 1. The van der Waals surface area contributed by atoms with Crippen molar-refractivity contribution in [2.75, 3.05) is 13.1 Å². The number of rotatable bonds is 3. The molecule has 2 aromatic rings. The second-order valence-corrected chi connectivity index (χ2v) is 8.57. The Bertz CT molecular complexity index is 902. The van der Waals surface area contributed by atoms with Gasteiger partial charge in [0.25, 0.3) is 0 Å². The Morgan fingerprint density at radius 3 is 1.89 bits per heavy atom. The molecule has 0 spiro atoms. The lowest BCUT2D eigenvalue weighted by Crippen LogP contribution is -2.41. The lowest BCUT2D eigenvalue weighted by Gasteiger charge is -2.32. The molecule has 0 aromatic heterocycles. The molecule has 0 saturated carbocycles. The fraction of sp³-hybridized carbons (Fsp3) is 0.261. The van der Waals surface area contributed by atoms with Crippen molar-refractivity contribution in [2.45, 2.75) is 26.8 Å². The van der Waals surface area contributed by atoms with E-state index in [0.717, 1.165) is 27.8 Å². The highest BCUT2D eigenvalue weighted by Gasteiger charge is 2.27. The molecule has 2 nitrogen and oxygen atoms in total. The van der Waals surface area contributed by atoms with E-state index in [-0.39, 0.29) is 5.78 Å². The van der Waals surface area contributed by atoms with Crippen molar-refractivity contribution in [3.8, 4) is 0 Å². The number of ketones is 1. The van der Waals surface area contributed by atoms with Crippen molar-refractivity contribution in [3.05, 3.63) is 79.3 Å². The molecule has 1 fully saturated rings. The van der Waals surface area contributed by atoms with Crippen LogP contribution in [0.1, 0.15) is 30.5 Å². The average Bonchev–Trinajstić information content (AvgIpc) is 2.64. The summed E-state index contributed by atoms with van der Waals surface area (Å²) in [5.41, 5.74) is 4.30. The van der Waals surface area contributed by atoms with Crippen molar-refractivity contribution >= 4 is 52.7 Å². The Balaban J connectivity index is 1.99. The van der Waals surface area contributed by atoms with Gasteiger partial charge in [-0.3, -0.25) is 9.69 Å². The minimum absolute atomic E-state index is 0.0552. The Labute approximate surface area is 181 Å². The number of hydrogen-bond acceptors (Lipinski definition) is 2. The number of benzene rings is 2. The van der Waals surface area contributed by atoms with Gasteiger partial charge in [0.05, 0.1) is 10.0 Å². The third-order valence-electron chi connectivity index (χ3n) is 4.88. The standard InChI is InChI=1S/C23H22Cl3NO/c1-14(2)27-12-18(8-16-5-4-15(3)21(25)10-16)23(28)19(13-27)9-17-6-7-20(24)22(26)11-17/h4-11,14H,12-13H2,1-3H3/b18-8+,19-9+. The van der Waals surface area contributed by atoms with Crippen LogP contribution in [0.5, 0.6) is 0 Å². The average molecular weight is 435 g/mol. The number of aryl methyl sites for hydroxylation is 1. The zero-order valence-corrected chi connectivity index (χ0v) is 18.4. The van der Waals surface area contributed by atoms with Crippen LogP contribution < -0.4 is 0 Å². The van der Waals surface area contributed by atoms with E-state index >= 15 is 0 Å². The van der Waals surface area contributed by atoms with Gasteiger partial charge in [0.15, 0.2) is 5.78 Å². The minimum atomic E-state index is 0.0552. The number of nitrogens with zero attached hydrogens (tertiary/aromatic N) is 1. The summed E-state index contributed by atoms with van der Waals surface area (Å²) in [7, 11) is 0. The summed E-state index contributed by atoms with van der Waals surface area (Å²) in [6.45, 7) is 7.44. The topological polar surface area (TPSA) is 20.3 Å². The number of likely N-dealkylation sites (tertiary alicyclic amines) is 1. The highest BCUT2D eigenvalue weighted by atomic mass is 35.5. The van der Waals surface area contributed by atoms with Crippen LogP contribution in [0.4, 0.5) is 0 Å². The van der Waals surface area contributed by atoms with Gasteiger partial charge in [-0.1, -0.05) is 53.0 Å². The maximum Gasteiger partial charge on any atom is 0.187 e. The molecule has 1 aliphatic rings. The maximum absolute atomic E-state index is 13.2. The SMILES string of the molecule is Cc1ccc(/C=C2\CN(C(C)C)C/C(=C\c3ccc(Cl)c(Cl)c3)C2=O)cc1Cl. The van der Waals surface area contributed by atoms with Crippen LogP contribution in [-0.2, 0) is 4.79 Å². The van der Waals surface area contributed by atoms with Crippen molar-refractivity contribution in [1.29, 1.82) is 0 Å². The quantitative estimate of drug-likeness (QED) is 0.500. The number of carbonyl (C=O) groups excluding carboxylic acids is 1. The van der Waals surface area contributed by atoms with E-state index in [1.807, 2.05) is 43.3 Å². The van der Waals surface area contributed by atoms with E-state index in [0.29, 0.717) is 34.2 Å². The van der Waals surface area contributed by atoms with E-state index in [1.54, 1.807) is 12.1 Å². The summed E-state index contributed by atoms with van der Waals surface area (Å²) in [6, 6.07) is 11.6. The minimum Gasteiger partial charge on any atom is -0.292 e. The van der Waals surface area contributed by atoms with Crippen molar-refractivity contribution in [1.82, 2.24) is 4.90 Å². The third-order valence-corrected chi connectivity index (χ3v) is 6.03. The summed E-state index contributed by atoms with van der Waals surface area (Å²) in [4.78, 5) is 15.4. The van der Waals surface area contributed by atoms with Crippen LogP contribution in [0.2, 0.25) is 15.1 Å².